The third-order valence-corrected chi connectivity index (χ3v) is 5.01. The average Bonchev–Trinajstić information content (AvgIpc) is 2.76. The van der Waals surface area contributed by atoms with Gasteiger partial charge in [-0.25, -0.2) is 0 Å². The van der Waals surface area contributed by atoms with Crippen LogP contribution in [-0.2, 0) is 24.6 Å². The van der Waals surface area contributed by atoms with E-state index in [0.717, 1.165) is 6.42 Å². The molecule has 0 aromatic rings. The van der Waals surface area contributed by atoms with E-state index >= 15 is 0 Å². The van der Waals surface area contributed by atoms with Gasteiger partial charge < -0.3 is 9.62 Å². The fraction of sp³-hybridized carbons (Fsp3) is 0.840. The van der Waals surface area contributed by atoms with E-state index in [4.69, 9.17) is 9.62 Å². The molecule has 0 aliphatic heterocycles. The van der Waals surface area contributed by atoms with Gasteiger partial charge in [-0.2, -0.15) is 4.89 Å². The van der Waals surface area contributed by atoms with E-state index in [0.29, 0.717) is 6.61 Å². The Morgan fingerprint density at radius 2 is 1.10 bits per heavy atom. The lowest BCUT2D eigenvalue weighted by molar-refractivity contribution is -0.621. The molecule has 0 saturated heterocycles. The van der Waals surface area contributed by atoms with E-state index < -0.39 is 0 Å². The molecule has 0 rings (SSSR count). The molecule has 0 aliphatic rings. The van der Waals surface area contributed by atoms with Crippen LogP contribution in [0.15, 0.2) is 24.7 Å². The molecule has 0 saturated carbocycles. The third-order valence-electron chi connectivity index (χ3n) is 5.01. The van der Waals surface area contributed by atoms with E-state index in [1.54, 1.807) is 12.3 Å². The fourth-order valence-electron chi connectivity index (χ4n) is 3.26. The van der Waals surface area contributed by atoms with Crippen LogP contribution in [0.25, 0.3) is 0 Å². The minimum absolute atomic E-state index is 0.261. The lowest BCUT2D eigenvalue weighted by Crippen LogP contribution is -2.02. The van der Waals surface area contributed by atoms with Crippen molar-refractivity contribution >= 4 is 0 Å². The van der Waals surface area contributed by atoms with E-state index in [-0.39, 0.29) is 6.61 Å². The Morgan fingerprint density at radius 3 is 1.63 bits per heavy atom. The summed E-state index contributed by atoms with van der Waals surface area (Å²) < 4.78 is 5.04. The third kappa shape index (κ3) is 27.0. The summed E-state index contributed by atoms with van der Waals surface area (Å²) in [5.41, 5.74) is 0. The van der Waals surface area contributed by atoms with Gasteiger partial charge in [0, 0.05) is 5.04 Å². The Kier molecular flexibility index (Phi) is 27.0. The van der Waals surface area contributed by atoms with Crippen LogP contribution in [0.5, 0.6) is 0 Å². The van der Waals surface area contributed by atoms with Crippen molar-refractivity contribution < 1.29 is 24.6 Å². The highest BCUT2D eigenvalue weighted by Crippen LogP contribution is 2.14. The van der Waals surface area contributed by atoms with Crippen LogP contribution < -0.4 is 0 Å². The number of hydrogen-bond donors (Lipinski definition) is 0. The highest BCUT2D eigenvalue weighted by molar-refractivity contribution is 4.71. The first-order chi connectivity index (χ1) is 14.9. The van der Waals surface area contributed by atoms with Crippen molar-refractivity contribution in [2.45, 2.75) is 123 Å². The minimum atomic E-state index is 0.261. The fourth-order valence-corrected chi connectivity index (χ4v) is 3.26. The summed E-state index contributed by atoms with van der Waals surface area (Å²) in [5.74, 6) is 0. The molecule has 0 aliphatic carbocycles. The second-order valence-corrected chi connectivity index (χ2v) is 7.86. The molecule has 30 heavy (non-hydrogen) atoms. The Bertz CT molecular complexity index is 357. The van der Waals surface area contributed by atoms with E-state index in [1.165, 1.54) is 109 Å². The lowest BCUT2D eigenvalue weighted by Gasteiger charge is -2.03. The maximum Gasteiger partial charge on any atom is 0.129 e. The number of ether oxygens (including phenoxy) is 1. The quantitative estimate of drug-likeness (QED) is 0.0631. The van der Waals surface area contributed by atoms with Gasteiger partial charge in [0.2, 0.25) is 0 Å². The molecule has 5 nitrogen and oxygen atoms in total. The van der Waals surface area contributed by atoms with Gasteiger partial charge >= 0.3 is 0 Å². The predicted molar refractivity (Wildman–Crippen MR) is 123 cm³/mol. The number of unbranched alkanes of at least 4 members (excludes halogenated alkanes) is 16. The molecule has 0 bridgehead atoms. The Labute approximate surface area is 185 Å². The summed E-state index contributed by atoms with van der Waals surface area (Å²) in [7, 11) is 0. The molecule has 0 radical (unpaired) electrons. The van der Waals surface area contributed by atoms with Gasteiger partial charge in [0.1, 0.15) is 19.5 Å². The van der Waals surface area contributed by atoms with Crippen LogP contribution in [-0.4, -0.2) is 13.2 Å². The standard InChI is InChI=1S/C25H48O5/c1-3-5-6-7-8-9-10-11-12-13-14-15-16-17-18-19-20-21-23-27-29-30-28-25-24-26-22-4-2/h4,21-23H,3,5-20,24-25H2,1-2H3. The zero-order valence-corrected chi connectivity index (χ0v) is 19.8. The molecule has 0 amide bonds. The van der Waals surface area contributed by atoms with Crippen LogP contribution in [0, 0.1) is 0 Å². The maximum absolute atomic E-state index is 5.04. The van der Waals surface area contributed by atoms with Crippen molar-refractivity contribution in [2.75, 3.05) is 13.2 Å². The first-order valence-electron chi connectivity index (χ1n) is 12.4. The molecule has 0 unspecified atom stereocenters. The van der Waals surface area contributed by atoms with Crippen molar-refractivity contribution in [3.05, 3.63) is 24.7 Å². The molecule has 0 atom stereocenters. The molecule has 0 heterocycles. The molecule has 0 N–H and O–H groups in total. The molecule has 0 aromatic carbocycles. The molecule has 0 fully saturated rings. The predicted octanol–water partition coefficient (Wildman–Crippen LogP) is 8.51. The summed E-state index contributed by atoms with van der Waals surface area (Å²) >= 11 is 0. The van der Waals surface area contributed by atoms with E-state index in [9.17, 15) is 0 Å². The molecule has 5 heteroatoms. The van der Waals surface area contributed by atoms with Crippen LogP contribution in [0.3, 0.4) is 0 Å². The van der Waals surface area contributed by atoms with E-state index in [2.05, 4.69) is 21.9 Å². The van der Waals surface area contributed by atoms with Gasteiger partial charge in [0.05, 0.1) is 6.26 Å². The van der Waals surface area contributed by atoms with Crippen LogP contribution in [0.4, 0.5) is 0 Å². The molecular weight excluding hydrogens is 380 g/mol. The van der Waals surface area contributed by atoms with Crippen molar-refractivity contribution in [2.24, 2.45) is 0 Å². The van der Waals surface area contributed by atoms with Crippen molar-refractivity contribution in [3.63, 3.8) is 0 Å². The van der Waals surface area contributed by atoms with Crippen LogP contribution in [0.2, 0.25) is 0 Å². The van der Waals surface area contributed by atoms with Gasteiger partial charge in [-0.3, -0.25) is 0 Å². The van der Waals surface area contributed by atoms with Crippen LogP contribution in [0.1, 0.15) is 123 Å². The van der Waals surface area contributed by atoms with Crippen molar-refractivity contribution in [3.8, 4) is 0 Å². The lowest BCUT2D eigenvalue weighted by atomic mass is 10.0. The average molecular weight is 429 g/mol. The number of hydrogen-bond acceptors (Lipinski definition) is 5. The van der Waals surface area contributed by atoms with E-state index in [1.807, 2.05) is 13.0 Å². The first kappa shape index (κ1) is 29.0. The number of rotatable bonds is 25. The molecular formula is C25H48O5. The Balaban J connectivity index is 3.06. The smallest absolute Gasteiger partial charge is 0.129 e. The zero-order chi connectivity index (χ0) is 21.8. The zero-order valence-electron chi connectivity index (χ0n) is 19.8. The van der Waals surface area contributed by atoms with Gasteiger partial charge in [0.15, 0.2) is 0 Å². The van der Waals surface area contributed by atoms with Gasteiger partial charge in [0.25, 0.3) is 0 Å². The SMILES string of the molecule is CC=COCCOOOOC=CCCCCCCCCCCCCCCCCCC. The van der Waals surface area contributed by atoms with Crippen molar-refractivity contribution in [1.29, 1.82) is 0 Å². The highest BCUT2D eigenvalue weighted by Gasteiger charge is 1.94. The number of allylic oxidation sites excluding steroid dienone is 2. The minimum Gasteiger partial charge on any atom is -0.499 e. The van der Waals surface area contributed by atoms with Gasteiger partial charge in [-0.05, 0) is 30.9 Å². The summed E-state index contributed by atoms with van der Waals surface area (Å²) in [6.07, 6.45) is 30.0. The molecule has 0 spiro atoms. The van der Waals surface area contributed by atoms with Crippen LogP contribution >= 0.6 is 0 Å². The Hall–Kier alpha value is -1.04. The largest absolute Gasteiger partial charge is 0.499 e. The molecule has 0 aromatic heterocycles. The molecule has 178 valence electrons. The maximum atomic E-state index is 5.04. The topological polar surface area (TPSA) is 46.2 Å². The second kappa shape index (κ2) is 28.0. The normalized spacial score (nSPS) is 11.7. The summed E-state index contributed by atoms with van der Waals surface area (Å²) in [6.45, 7) is 4.81. The summed E-state index contributed by atoms with van der Waals surface area (Å²) in [5, 5.41) is 8.76. The first-order valence-corrected chi connectivity index (χ1v) is 12.4. The Morgan fingerprint density at radius 1 is 0.567 bits per heavy atom. The monoisotopic (exact) mass is 428 g/mol. The summed E-state index contributed by atoms with van der Waals surface area (Å²) in [6, 6.07) is 0. The summed E-state index contributed by atoms with van der Waals surface area (Å²) in [4.78, 5) is 9.39. The second-order valence-electron chi connectivity index (χ2n) is 7.86. The van der Waals surface area contributed by atoms with Gasteiger partial charge in [-0.1, -0.05) is 109 Å². The highest BCUT2D eigenvalue weighted by atomic mass is 17.7. The van der Waals surface area contributed by atoms with Gasteiger partial charge in [-0.15, -0.1) is 0 Å². The van der Waals surface area contributed by atoms with Crippen molar-refractivity contribution in [1.82, 2.24) is 0 Å².